The van der Waals surface area contributed by atoms with Crippen LogP contribution in [0.15, 0.2) is 0 Å². The molecule has 0 aromatic heterocycles. The molecular weight excluding hydrogens is 200 g/mol. The largest absolute Gasteiger partial charge is 0.375 e. The van der Waals surface area contributed by atoms with Crippen molar-refractivity contribution in [2.45, 2.75) is 70.7 Å². The van der Waals surface area contributed by atoms with E-state index in [0.29, 0.717) is 18.2 Å². The fraction of sp³-hybridized carbons (Fsp3) is 1.00. The van der Waals surface area contributed by atoms with E-state index >= 15 is 0 Å². The summed E-state index contributed by atoms with van der Waals surface area (Å²) in [5.74, 6) is 0. The van der Waals surface area contributed by atoms with E-state index in [4.69, 9.17) is 10.5 Å². The first-order chi connectivity index (χ1) is 7.45. The summed E-state index contributed by atoms with van der Waals surface area (Å²) in [6.07, 6.45) is 3.91. The summed E-state index contributed by atoms with van der Waals surface area (Å²) in [5.41, 5.74) is 6.19. The van der Waals surface area contributed by atoms with Crippen LogP contribution >= 0.6 is 0 Å². The predicted octanol–water partition coefficient (Wildman–Crippen LogP) is 2.00. The molecule has 1 aliphatic rings. The van der Waals surface area contributed by atoms with Crippen molar-refractivity contribution in [2.75, 3.05) is 13.6 Å². The predicted molar refractivity (Wildman–Crippen MR) is 68.5 cm³/mol. The zero-order valence-electron chi connectivity index (χ0n) is 11.5. The lowest BCUT2D eigenvalue weighted by atomic mass is 9.82. The second-order valence-corrected chi connectivity index (χ2v) is 5.46. The van der Waals surface area contributed by atoms with Crippen molar-refractivity contribution >= 4 is 0 Å². The van der Waals surface area contributed by atoms with Gasteiger partial charge in [-0.25, -0.2) is 0 Å². The smallest absolute Gasteiger partial charge is 0.0568 e. The number of ether oxygens (including phenoxy) is 1. The van der Waals surface area contributed by atoms with Crippen molar-refractivity contribution in [2.24, 2.45) is 5.73 Å². The molecule has 1 aliphatic heterocycles. The third kappa shape index (κ3) is 2.76. The fourth-order valence-corrected chi connectivity index (χ4v) is 2.99. The zero-order chi connectivity index (χ0) is 12.3. The summed E-state index contributed by atoms with van der Waals surface area (Å²) in [5, 5.41) is 0. The van der Waals surface area contributed by atoms with Crippen molar-refractivity contribution in [3.8, 4) is 0 Å². The average Bonchev–Trinajstić information content (AvgIpc) is 2.25. The van der Waals surface area contributed by atoms with Gasteiger partial charge in [0.25, 0.3) is 0 Å². The molecule has 0 aromatic rings. The van der Waals surface area contributed by atoms with Crippen molar-refractivity contribution in [3.05, 3.63) is 0 Å². The second-order valence-electron chi connectivity index (χ2n) is 5.46. The molecule has 3 atom stereocenters. The summed E-state index contributed by atoms with van der Waals surface area (Å²) in [6.45, 7) is 9.56. The normalized spacial score (nSPS) is 37.7. The van der Waals surface area contributed by atoms with Crippen molar-refractivity contribution in [1.82, 2.24) is 4.90 Å². The lowest BCUT2D eigenvalue weighted by Crippen LogP contribution is -2.60. The van der Waals surface area contributed by atoms with Gasteiger partial charge in [-0.15, -0.1) is 0 Å². The number of likely N-dealkylation sites (N-methyl/N-ethyl adjacent to an activating group) is 1. The first-order valence-electron chi connectivity index (χ1n) is 6.53. The van der Waals surface area contributed by atoms with Gasteiger partial charge < -0.3 is 10.5 Å². The Balaban J connectivity index is 2.82. The number of nitrogens with zero attached hydrogens (tertiary/aromatic N) is 1. The molecule has 1 fully saturated rings. The number of nitrogens with two attached hydrogens (primary N) is 1. The minimum atomic E-state index is 0.131. The minimum Gasteiger partial charge on any atom is -0.375 e. The Labute approximate surface area is 100 Å². The van der Waals surface area contributed by atoms with Gasteiger partial charge in [0.1, 0.15) is 0 Å². The molecule has 16 heavy (non-hydrogen) atoms. The van der Waals surface area contributed by atoms with E-state index in [1.54, 1.807) is 0 Å². The first kappa shape index (κ1) is 13.9. The average molecular weight is 228 g/mol. The lowest BCUT2D eigenvalue weighted by molar-refractivity contribution is -0.105. The Morgan fingerprint density at radius 2 is 1.88 bits per heavy atom. The van der Waals surface area contributed by atoms with Gasteiger partial charge in [-0.1, -0.05) is 6.92 Å². The van der Waals surface area contributed by atoms with Gasteiger partial charge in [0.15, 0.2) is 0 Å². The van der Waals surface area contributed by atoms with Gasteiger partial charge in [-0.05, 0) is 47.1 Å². The summed E-state index contributed by atoms with van der Waals surface area (Å²) in [6, 6.07) is 0.584. The van der Waals surface area contributed by atoms with Crippen molar-refractivity contribution < 1.29 is 4.74 Å². The Kier molecular flexibility index (Phi) is 4.77. The third-order valence-corrected chi connectivity index (χ3v) is 4.18. The van der Waals surface area contributed by atoms with Crippen LogP contribution in [0.1, 0.15) is 47.0 Å². The SMILES string of the molecule is CCC(C)N(C)C1(CN)CC(C)OC(C)C1. The molecule has 0 aliphatic carbocycles. The molecule has 0 amide bonds. The third-order valence-electron chi connectivity index (χ3n) is 4.18. The highest BCUT2D eigenvalue weighted by molar-refractivity contribution is 4.97. The molecule has 1 heterocycles. The van der Waals surface area contributed by atoms with E-state index in [1.165, 1.54) is 6.42 Å². The molecule has 0 bridgehead atoms. The maximum atomic E-state index is 6.06. The summed E-state index contributed by atoms with van der Waals surface area (Å²) < 4.78 is 5.82. The Morgan fingerprint density at radius 1 is 1.38 bits per heavy atom. The summed E-state index contributed by atoms with van der Waals surface area (Å²) >= 11 is 0. The number of hydrogen-bond acceptors (Lipinski definition) is 3. The van der Waals surface area contributed by atoms with Crippen LogP contribution in [0.25, 0.3) is 0 Å². The molecular formula is C13H28N2O. The van der Waals surface area contributed by atoms with Crippen LogP contribution in [0.2, 0.25) is 0 Å². The van der Waals surface area contributed by atoms with Gasteiger partial charge >= 0.3 is 0 Å². The highest BCUT2D eigenvalue weighted by Gasteiger charge is 2.41. The van der Waals surface area contributed by atoms with Gasteiger partial charge in [0.2, 0.25) is 0 Å². The Bertz CT molecular complexity index is 210. The molecule has 2 N–H and O–H groups in total. The Hall–Kier alpha value is -0.120. The molecule has 3 nitrogen and oxygen atoms in total. The Morgan fingerprint density at radius 3 is 2.25 bits per heavy atom. The van der Waals surface area contributed by atoms with Crippen molar-refractivity contribution in [3.63, 3.8) is 0 Å². The molecule has 0 aromatic carbocycles. The van der Waals surface area contributed by atoms with Crippen LogP contribution in [-0.2, 0) is 4.74 Å². The second kappa shape index (κ2) is 5.48. The standard InChI is InChI=1S/C13H28N2O/c1-6-10(2)15(5)13(9-14)7-11(3)16-12(4)8-13/h10-12H,6-9,14H2,1-5H3. The van der Waals surface area contributed by atoms with E-state index in [9.17, 15) is 0 Å². The van der Waals surface area contributed by atoms with Crippen LogP contribution < -0.4 is 5.73 Å². The minimum absolute atomic E-state index is 0.131. The molecule has 0 radical (unpaired) electrons. The van der Waals surface area contributed by atoms with Gasteiger partial charge in [0, 0.05) is 18.1 Å². The highest BCUT2D eigenvalue weighted by Crippen LogP contribution is 2.34. The molecule has 96 valence electrons. The van der Waals surface area contributed by atoms with Gasteiger partial charge in [-0.2, -0.15) is 0 Å². The van der Waals surface area contributed by atoms with Gasteiger partial charge in [0.05, 0.1) is 12.2 Å². The molecule has 1 saturated heterocycles. The lowest BCUT2D eigenvalue weighted by Gasteiger charge is -2.50. The van der Waals surface area contributed by atoms with Crippen LogP contribution in [0.3, 0.4) is 0 Å². The van der Waals surface area contributed by atoms with E-state index in [0.717, 1.165) is 19.4 Å². The van der Waals surface area contributed by atoms with Crippen LogP contribution in [0.4, 0.5) is 0 Å². The van der Waals surface area contributed by atoms with Crippen LogP contribution in [-0.4, -0.2) is 42.3 Å². The van der Waals surface area contributed by atoms with E-state index in [-0.39, 0.29) is 5.54 Å². The first-order valence-corrected chi connectivity index (χ1v) is 6.53. The quantitative estimate of drug-likeness (QED) is 0.800. The fourth-order valence-electron chi connectivity index (χ4n) is 2.99. The summed E-state index contributed by atoms with van der Waals surface area (Å²) in [4.78, 5) is 2.47. The molecule has 0 saturated carbocycles. The zero-order valence-corrected chi connectivity index (χ0v) is 11.5. The maximum Gasteiger partial charge on any atom is 0.0568 e. The van der Waals surface area contributed by atoms with E-state index < -0.39 is 0 Å². The van der Waals surface area contributed by atoms with E-state index in [2.05, 4.69) is 39.6 Å². The van der Waals surface area contributed by atoms with E-state index in [1.807, 2.05) is 0 Å². The number of rotatable bonds is 4. The highest BCUT2D eigenvalue weighted by atomic mass is 16.5. The maximum absolute atomic E-state index is 6.06. The molecule has 1 rings (SSSR count). The monoisotopic (exact) mass is 228 g/mol. The topological polar surface area (TPSA) is 38.5 Å². The van der Waals surface area contributed by atoms with Crippen LogP contribution in [0, 0.1) is 0 Å². The van der Waals surface area contributed by atoms with Crippen molar-refractivity contribution in [1.29, 1.82) is 0 Å². The molecule has 3 unspecified atom stereocenters. The van der Waals surface area contributed by atoms with Crippen LogP contribution in [0.5, 0.6) is 0 Å². The molecule has 0 spiro atoms. The molecule has 3 heteroatoms. The van der Waals surface area contributed by atoms with Gasteiger partial charge in [-0.3, -0.25) is 4.90 Å². The number of hydrogen-bond donors (Lipinski definition) is 1. The summed E-state index contributed by atoms with van der Waals surface area (Å²) in [7, 11) is 2.21.